The van der Waals surface area contributed by atoms with E-state index in [-0.39, 0.29) is 10.4 Å². The second-order valence-corrected chi connectivity index (χ2v) is 3.92. The minimum absolute atomic E-state index is 0.117. The third-order valence-electron chi connectivity index (χ3n) is 2.22. The summed E-state index contributed by atoms with van der Waals surface area (Å²) >= 11 is 5.92. The lowest BCUT2D eigenvalue weighted by Crippen LogP contribution is -1.98. The van der Waals surface area contributed by atoms with E-state index in [4.69, 9.17) is 11.6 Å². The van der Waals surface area contributed by atoms with Gasteiger partial charge in [-0.25, -0.2) is 0 Å². The number of nitrogens with one attached hydrogen (secondary N) is 1. The maximum absolute atomic E-state index is 11.7. The summed E-state index contributed by atoms with van der Waals surface area (Å²) < 4.78 is 0. The Morgan fingerprint density at radius 1 is 1.25 bits per heavy atom. The summed E-state index contributed by atoms with van der Waals surface area (Å²) in [6.07, 6.45) is 0. The molecule has 0 atom stereocenters. The van der Waals surface area contributed by atoms with E-state index in [0.717, 1.165) is 11.6 Å². The van der Waals surface area contributed by atoms with Gasteiger partial charge in [-0.05, 0) is 24.6 Å². The summed E-state index contributed by atoms with van der Waals surface area (Å²) in [5.41, 5.74) is -0.0665. The van der Waals surface area contributed by atoms with E-state index >= 15 is 0 Å². The Morgan fingerprint density at radius 2 is 1.94 bits per heavy atom. The Labute approximate surface area is 95.1 Å². The highest BCUT2D eigenvalue weighted by atomic mass is 35.5. The number of benzene rings is 1. The number of rotatable bonds is 0. The molecular weight excluding hydrogens is 230 g/mol. The number of halogens is 1. The number of hydrogen-bond donors (Lipinski definition) is 2. The quantitative estimate of drug-likeness (QED) is 0.731. The topological polar surface area (TPSA) is 70.2 Å². The summed E-state index contributed by atoms with van der Waals surface area (Å²) in [7, 11) is 0. The van der Waals surface area contributed by atoms with Crippen LogP contribution >= 0.6 is 11.6 Å². The number of H-pyrrole nitrogens is 1. The molecular formula is C11H8ClNO3. The molecule has 0 radical (unpaired) electrons. The van der Waals surface area contributed by atoms with Crippen molar-refractivity contribution >= 4 is 22.5 Å². The van der Waals surface area contributed by atoms with Crippen molar-refractivity contribution in [2.45, 2.75) is 6.92 Å². The van der Waals surface area contributed by atoms with Crippen LogP contribution in [0.5, 0.6) is 5.75 Å². The summed E-state index contributed by atoms with van der Waals surface area (Å²) in [4.78, 5) is 25.5. The lowest BCUT2D eigenvalue weighted by atomic mass is 10.1. The number of hydrogen-bond acceptors (Lipinski definition) is 3. The zero-order valence-electron chi connectivity index (χ0n) is 8.37. The first-order valence-corrected chi connectivity index (χ1v) is 4.93. The maximum Gasteiger partial charge on any atom is 0.252 e. The highest BCUT2D eigenvalue weighted by molar-refractivity contribution is 6.35. The lowest BCUT2D eigenvalue weighted by Gasteiger charge is -1.97. The molecule has 2 N–H and O–H groups in total. The van der Waals surface area contributed by atoms with Crippen molar-refractivity contribution in [2.75, 3.05) is 0 Å². The summed E-state index contributed by atoms with van der Waals surface area (Å²) in [5.74, 6) is -0.609. The third kappa shape index (κ3) is 1.67. The van der Waals surface area contributed by atoms with Crippen LogP contribution in [0.4, 0.5) is 0 Å². The molecule has 0 aliphatic rings. The molecule has 4 nitrogen and oxygen atoms in total. The summed E-state index contributed by atoms with van der Waals surface area (Å²) in [6.45, 7) is 1.79. The minimum atomic E-state index is -0.654. The Morgan fingerprint density at radius 3 is 2.62 bits per heavy atom. The third-order valence-corrected chi connectivity index (χ3v) is 2.52. The molecule has 0 aliphatic carbocycles. The highest BCUT2D eigenvalue weighted by Crippen LogP contribution is 2.20. The first kappa shape index (κ1) is 10.7. The summed E-state index contributed by atoms with van der Waals surface area (Å²) in [5, 5.41) is 9.69. The largest absolute Gasteiger partial charge is 0.504 e. The number of aryl methyl sites for hydroxylation is 1. The Hall–Kier alpha value is -1.81. The van der Waals surface area contributed by atoms with Crippen molar-refractivity contribution < 1.29 is 5.11 Å². The minimum Gasteiger partial charge on any atom is -0.504 e. The molecule has 0 spiro atoms. The van der Waals surface area contributed by atoms with Crippen LogP contribution < -0.4 is 11.0 Å². The molecule has 2 aromatic rings. The number of aromatic nitrogens is 1. The van der Waals surface area contributed by atoms with Crippen molar-refractivity contribution in [1.29, 1.82) is 0 Å². The van der Waals surface area contributed by atoms with Crippen LogP contribution in [0, 0.1) is 6.92 Å². The standard InChI is InChI=1S/C11H8ClNO3/c1-5-2-6(12)10-7(3-5)13-9(15)4-8(14)11(10)16/h2-4H,1H3,(H,13,15)(H,14,16). The number of aromatic amines is 1. The molecule has 1 heterocycles. The molecule has 5 heteroatoms. The molecule has 82 valence electrons. The number of aromatic hydroxyl groups is 1. The van der Waals surface area contributed by atoms with Gasteiger partial charge in [0.1, 0.15) is 0 Å². The van der Waals surface area contributed by atoms with Crippen LogP contribution in [-0.4, -0.2) is 10.1 Å². The molecule has 16 heavy (non-hydrogen) atoms. The zero-order chi connectivity index (χ0) is 11.9. The molecule has 0 saturated heterocycles. The van der Waals surface area contributed by atoms with Crippen LogP contribution in [0.2, 0.25) is 5.02 Å². The van der Waals surface area contributed by atoms with E-state index in [1.165, 1.54) is 0 Å². The van der Waals surface area contributed by atoms with Crippen LogP contribution in [0.1, 0.15) is 5.56 Å². The van der Waals surface area contributed by atoms with Crippen LogP contribution in [0.25, 0.3) is 10.9 Å². The van der Waals surface area contributed by atoms with E-state index in [2.05, 4.69) is 4.98 Å². The van der Waals surface area contributed by atoms with Crippen molar-refractivity contribution in [3.63, 3.8) is 0 Å². The van der Waals surface area contributed by atoms with Gasteiger partial charge in [0.25, 0.3) is 5.56 Å². The first-order valence-electron chi connectivity index (χ1n) is 4.55. The van der Waals surface area contributed by atoms with Gasteiger partial charge in [-0.15, -0.1) is 0 Å². The number of fused-ring (bicyclic) bond motifs is 1. The Kier molecular flexibility index (Phi) is 2.44. The highest BCUT2D eigenvalue weighted by Gasteiger charge is 2.08. The Bertz CT molecular complexity index is 691. The molecule has 0 aliphatic heterocycles. The van der Waals surface area contributed by atoms with Gasteiger partial charge in [-0.3, -0.25) is 9.59 Å². The summed E-state index contributed by atoms with van der Waals surface area (Å²) in [6, 6.07) is 4.07. The Balaban J connectivity index is 3.19. The molecule has 0 fully saturated rings. The predicted molar refractivity (Wildman–Crippen MR) is 62.3 cm³/mol. The van der Waals surface area contributed by atoms with Gasteiger partial charge in [0.05, 0.1) is 15.9 Å². The van der Waals surface area contributed by atoms with Crippen LogP contribution in [-0.2, 0) is 0 Å². The maximum atomic E-state index is 11.7. The second-order valence-electron chi connectivity index (χ2n) is 3.52. The lowest BCUT2D eigenvalue weighted by molar-refractivity contribution is 0.471. The molecule has 1 aromatic carbocycles. The van der Waals surface area contributed by atoms with E-state index in [0.29, 0.717) is 5.52 Å². The van der Waals surface area contributed by atoms with Crippen molar-refractivity contribution in [1.82, 2.24) is 4.98 Å². The SMILES string of the molecule is Cc1cc(Cl)c2c(=O)c(O)cc(=O)[nH]c2c1. The molecule has 0 amide bonds. The second kappa shape index (κ2) is 3.64. The van der Waals surface area contributed by atoms with Gasteiger partial charge in [0.15, 0.2) is 5.75 Å². The normalized spacial score (nSPS) is 10.6. The van der Waals surface area contributed by atoms with E-state index in [1.807, 2.05) is 0 Å². The average molecular weight is 238 g/mol. The fraction of sp³-hybridized carbons (Fsp3) is 0.0909. The first-order chi connectivity index (χ1) is 7.49. The van der Waals surface area contributed by atoms with Gasteiger partial charge in [0.2, 0.25) is 5.43 Å². The average Bonchev–Trinajstić information content (AvgIpc) is 2.24. The van der Waals surface area contributed by atoms with Crippen molar-refractivity contribution in [3.05, 3.63) is 49.4 Å². The van der Waals surface area contributed by atoms with Gasteiger partial charge in [-0.1, -0.05) is 11.6 Å². The van der Waals surface area contributed by atoms with Crippen molar-refractivity contribution in [3.8, 4) is 5.75 Å². The molecule has 0 saturated carbocycles. The predicted octanol–water partition coefficient (Wildman–Crippen LogP) is 1.56. The van der Waals surface area contributed by atoms with Gasteiger partial charge in [-0.2, -0.15) is 0 Å². The van der Waals surface area contributed by atoms with E-state index < -0.39 is 16.7 Å². The van der Waals surface area contributed by atoms with Gasteiger partial charge >= 0.3 is 0 Å². The molecule has 0 unspecified atom stereocenters. The fourth-order valence-corrected chi connectivity index (χ4v) is 1.92. The van der Waals surface area contributed by atoms with Gasteiger partial charge in [0, 0.05) is 6.07 Å². The van der Waals surface area contributed by atoms with E-state index in [1.54, 1.807) is 19.1 Å². The molecule has 0 bridgehead atoms. The van der Waals surface area contributed by atoms with E-state index in [9.17, 15) is 14.7 Å². The molecule has 1 aromatic heterocycles. The van der Waals surface area contributed by atoms with Crippen LogP contribution in [0.3, 0.4) is 0 Å². The van der Waals surface area contributed by atoms with Gasteiger partial charge < -0.3 is 10.1 Å². The smallest absolute Gasteiger partial charge is 0.252 e. The molecule has 2 rings (SSSR count). The van der Waals surface area contributed by atoms with Crippen molar-refractivity contribution in [2.24, 2.45) is 0 Å². The zero-order valence-corrected chi connectivity index (χ0v) is 9.13. The fourth-order valence-electron chi connectivity index (χ4n) is 1.56. The van der Waals surface area contributed by atoms with Crippen LogP contribution in [0.15, 0.2) is 27.8 Å². The monoisotopic (exact) mass is 237 g/mol.